The van der Waals surface area contributed by atoms with Gasteiger partial charge in [0.15, 0.2) is 0 Å². The lowest BCUT2D eigenvalue weighted by Gasteiger charge is -2.37. The maximum Gasteiger partial charge on any atom is 0.129 e. The zero-order valence-corrected chi connectivity index (χ0v) is 15.1. The van der Waals surface area contributed by atoms with Gasteiger partial charge in [-0.2, -0.15) is 0 Å². The SMILES string of the molecule is OCC(O)C(O)SC(c1ccccc1)(c1ccccc1)c1ccccc1. The van der Waals surface area contributed by atoms with Gasteiger partial charge in [0.2, 0.25) is 0 Å². The fraction of sp³-hybridized carbons (Fsp3) is 0.182. The number of hydrogen-bond donors (Lipinski definition) is 3. The Kier molecular flexibility index (Phi) is 6.12. The second kappa shape index (κ2) is 8.52. The minimum Gasteiger partial charge on any atom is -0.394 e. The first-order valence-corrected chi connectivity index (χ1v) is 9.38. The van der Waals surface area contributed by atoms with Gasteiger partial charge in [0, 0.05) is 0 Å². The Hall–Kier alpha value is -2.11. The molecule has 0 aliphatic carbocycles. The number of aliphatic hydroxyl groups excluding tert-OH is 3. The maximum atomic E-state index is 10.6. The maximum absolute atomic E-state index is 10.6. The molecular formula is C22H22O3S. The molecule has 3 rings (SSSR count). The van der Waals surface area contributed by atoms with Crippen LogP contribution < -0.4 is 0 Å². The van der Waals surface area contributed by atoms with Crippen molar-refractivity contribution in [2.24, 2.45) is 0 Å². The molecule has 0 spiro atoms. The molecule has 134 valence electrons. The highest BCUT2D eigenvalue weighted by Crippen LogP contribution is 2.50. The number of aliphatic hydroxyl groups is 3. The van der Waals surface area contributed by atoms with E-state index in [1.165, 1.54) is 11.8 Å². The van der Waals surface area contributed by atoms with E-state index in [1.807, 2.05) is 91.0 Å². The van der Waals surface area contributed by atoms with Gasteiger partial charge in [-0.3, -0.25) is 0 Å². The summed E-state index contributed by atoms with van der Waals surface area (Å²) in [5, 5.41) is 29.9. The van der Waals surface area contributed by atoms with Crippen molar-refractivity contribution in [3.63, 3.8) is 0 Å². The Labute approximate surface area is 158 Å². The smallest absolute Gasteiger partial charge is 0.129 e. The second-order valence-corrected chi connectivity index (χ2v) is 7.37. The van der Waals surface area contributed by atoms with E-state index in [4.69, 9.17) is 0 Å². The predicted molar refractivity (Wildman–Crippen MR) is 106 cm³/mol. The summed E-state index contributed by atoms with van der Waals surface area (Å²) in [4.78, 5) is 0. The van der Waals surface area contributed by atoms with E-state index in [1.54, 1.807) is 0 Å². The van der Waals surface area contributed by atoms with E-state index in [2.05, 4.69) is 0 Å². The molecule has 0 amide bonds. The minimum atomic E-state index is -1.23. The van der Waals surface area contributed by atoms with Crippen molar-refractivity contribution < 1.29 is 15.3 Å². The van der Waals surface area contributed by atoms with Crippen LogP contribution >= 0.6 is 11.8 Å². The van der Waals surface area contributed by atoms with Crippen LogP contribution in [0, 0.1) is 0 Å². The van der Waals surface area contributed by atoms with E-state index in [0.717, 1.165) is 16.7 Å². The van der Waals surface area contributed by atoms with Crippen LogP contribution in [-0.2, 0) is 4.75 Å². The van der Waals surface area contributed by atoms with Gasteiger partial charge in [-0.1, -0.05) is 91.0 Å². The molecule has 2 atom stereocenters. The number of thioether (sulfide) groups is 1. The number of benzene rings is 3. The van der Waals surface area contributed by atoms with Crippen LogP contribution in [0.3, 0.4) is 0 Å². The van der Waals surface area contributed by atoms with Crippen molar-refractivity contribution in [2.75, 3.05) is 6.61 Å². The third kappa shape index (κ3) is 3.69. The lowest BCUT2D eigenvalue weighted by molar-refractivity contribution is 0.0281. The fourth-order valence-corrected chi connectivity index (χ4v) is 4.49. The van der Waals surface area contributed by atoms with E-state index >= 15 is 0 Å². The summed E-state index contributed by atoms with van der Waals surface area (Å²) < 4.78 is -0.723. The Morgan fingerprint density at radius 3 is 1.31 bits per heavy atom. The summed E-state index contributed by atoms with van der Waals surface area (Å²) in [6, 6.07) is 29.8. The number of hydrogen-bond acceptors (Lipinski definition) is 4. The first kappa shape index (κ1) is 18.7. The van der Waals surface area contributed by atoms with Gasteiger partial charge in [-0.05, 0) is 16.7 Å². The average molecular weight is 366 g/mol. The van der Waals surface area contributed by atoms with Gasteiger partial charge in [0.25, 0.3) is 0 Å². The third-order valence-electron chi connectivity index (χ3n) is 4.35. The Morgan fingerprint density at radius 2 is 1.00 bits per heavy atom. The Balaban J connectivity index is 2.24. The Bertz CT molecular complexity index is 697. The van der Waals surface area contributed by atoms with Gasteiger partial charge in [-0.25, -0.2) is 0 Å². The van der Waals surface area contributed by atoms with Gasteiger partial charge in [0.1, 0.15) is 11.5 Å². The largest absolute Gasteiger partial charge is 0.394 e. The normalized spacial score (nSPS) is 14.0. The third-order valence-corrected chi connectivity index (χ3v) is 5.97. The van der Waals surface area contributed by atoms with Gasteiger partial charge in [0.05, 0.1) is 11.4 Å². The monoisotopic (exact) mass is 366 g/mol. The van der Waals surface area contributed by atoms with Crippen LogP contribution in [0.5, 0.6) is 0 Å². The zero-order valence-electron chi connectivity index (χ0n) is 14.3. The second-order valence-electron chi connectivity index (χ2n) is 6.04. The standard InChI is InChI=1S/C22H22O3S/c23-16-20(24)21(25)26-22(17-10-4-1-5-11-17,18-12-6-2-7-13-18)19-14-8-3-9-15-19/h1-15,20-21,23-25H,16H2. The van der Waals surface area contributed by atoms with Crippen molar-refractivity contribution in [1.29, 1.82) is 0 Å². The van der Waals surface area contributed by atoms with E-state index in [9.17, 15) is 15.3 Å². The summed E-state index contributed by atoms with van der Waals surface area (Å²) in [6.07, 6.45) is -1.23. The molecule has 0 saturated carbocycles. The molecule has 0 aliphatic rings. The highest BCUT2D eigenvalue weighted by atomic mass is 32.2. The lowest BCUT2D eigenvalue weighted by atomic mass is 9.84. The lowest BCUT2D eigenvalue weighted by Crippen LogP contribution is -2.34. The summed E-state index contributed by atoms with van der Waals surface area (Å²) in [6.45, 7) is -0.497. The molecule has 3 N–H and O–H groups in total. The molecule has 26 heavy (non-hydrogen) atoms. The van der Waals surface area contributed by atoms with Crippen molar-refractivity contribution in [3.8, 4) is 0 Å². The molecule has 4 heteroatoms. The van der Waals surface area contributed by atoms with Crippen LogP contribution in [0.25, 0.3) is 0 Å². The van der Waals surface area contributed by atoms with E-state index in [-0.39, 0.29) is 0 Å². The molecule has 3 aromatic carbocycles. The molecule has 0 bridgehead atoms. The van der Waals surface area contributed by atoms with E-state index < -0.39 is 22.9 Å². The van der Waals surface area contributed by atoms with Crippen LogP contribution in [0.2, 0.25) is 0 Å². The topological polar surface area (TPSA) is 60.7 Å². The molecular weight excluding hydrogens is 344 g/mol. The summed E-state index contributed by atoms with van der Waals surface area (Å²) in [7, 11) is 0. The zero-order chi connectivity index (χ0) is 18.4. The molecule has 0 saturated heterocycles. The molecule has 2 unspecified atom stereocenters. The first-order chi connectivity index (χ1) is 12.7. The first-order valence-electron chi connectivity index (χ1n) is 8.50. The molecule has 0 fully saturated rings. The van der Waals surface area contributed by atoms with Crippen LogP contribution in [-0.4, -0.2) is 33.5 Å². The molecule has 0 aliphatic heterocycles. The van der Waals surface area contributed by atoms with Crippen LogP contribution in [0.15, 0.2) is 91.0 Å². The quantitative estimate of drug-likeness (QED) is 0.443. The summed E-state index contributed by atoms with van der Waals surface area (Å²) in [5.41, 5.74) is 1.82. The summed E-state index contributed by atoms with van der Waals surface area (Å²) in [5.74, 6) is 0. The van der Waals surface area contributed by atoms with Crippen molar-refractivity contribution >= 4 is 11.8 Å². The minimum absolute atomic E-state index is 0.497. The van der Waals surface area contributed by atoms with Crippen molar-refractivity contribution in [1.82, 2.24) is 0 Å². The number of rotatable bonds is 7. The fourth-order valence-electron chi connectivity index (χ4n) is 3.07. The highest BCUT2D eigenvalue weighted by molar-refractivity contribution is 8.01. The van der Waals surface area contributed by atoms with Gasteiger partial charge >= 0.3 is 0 Å². The van der Waals surface area contributed by atoms with Crippen molar-refractivity contribution in [3.05, 3.63) is 108 Å². The average Bonchev–Trinajstić information content (AvgIpc) is 2.73. The predicted octanol–water partition coefficient (Wildman–Crippen LogP) is 3.38. The molecule has 0 heterocycles. The molecule has 3 nitrogen and oxygen atoms in total. The summed E-state index contributed by atoms with van der Waals surface area (Å²) >= 11 is 1.23. The van der Waals surface area contributed by atoms with Crippen LogP contribution in [0.1, 0.15) is 16.7 Å². The molecule has 0 aromatic heterocycles. The van der Waals surface area contributed by atoms with E-state index in [0.29, 0.717) is 0 Å². The van der Waals surface area contributed by atoms with Crippen molar-refractivity contribution in [2.45, 2.75) is 16.3 Å². The van der Waals surface area contributed by atoms with Crippen LogP contribution in [0.4, 0.5) is 0 Å². The van der Waals surface area contributed by atoms with Gasteiger partial charge in [-0.15, -0.1) is 11.8 Å². The molecule has 3 aromatic rings. The molecule has 0 radical (unpaired) electrons. The Morgan fingerprint density at radius 1 is 0.654 bits per heavy atom. The highest BCUT2D eigenvalue weighted by Gasteiger charge is 2.40. The van der Waals surface area contributed by atoms with Gasteiger partial charge < -0.3 is 15.3 Å².